The SMILES string of the molecule is C=C(C(=O)O)[c-]1cccc1.[Fe+2].c1cc[cH-]c1. The molecule has 0 spiro atoms. The standard InChI is InChI=1S/C8H7O2.C5H5.Fe/c1-6(8(9)10)7-4-2-3-5-7;1-2-4-5-3-1;/h2-5H,1H2,(H,9,10);1-5H;/q2*-1;+2. The average Bonchev–Trinajstić information content (AvgIpc) is 2.92. The number of carboxylic acids is 1. The summed E-state index contributed by atoms with van der Waals surface area (Å²) >= 11 is 0. The first-order valence-corrected chi connectivity index (χ1v) is 4.53. The molecule has 0 saturated carbocycles. The summed E-state index contributed by atoms with van der Waals surface area (Å²) in [5.41, 5.74) is 0.817. The first kappa shape index (κ1) is 14.4. The van der Waals surface area contributed by atoms with Crippen molar-refractivity contribution in [1.29, 1.82) is 0 Å². The molecule has 2 aromatic rings. The van der Waals surface area contributed by atoms with Crippen LogP contribution < -0.4 is 0 Å². The maximum atomic E-state index is 10.3. The smallest absolute Gasteiger partial charge is 0.513 e. The second-order valence-corrected chi connectivity index (χ2v) is 2.92. The number of carboxylic acid groups (broad SMARTS) is 1. The number of hydrogen-bond acceptors (Lipinski definition) is 1. The maximum Gasteiger partial charge on any atom is 2.00 e. The molecular formula is C13H12FeO2. The normalized spacial score (nSPS) is 8.25. The van der Waals surface area contributed by atoms with E-state index in [0.29, 0.717) is 5.56 Å². The number of aliphatic carboxylic acids is 1. The number of carbonyl (C=O) groups is 1. The van der Waals surface area contributed by atoms with Gasteiger partial charge >= 0.3 is 17.1 Å². The molecule has 1 N–H and O–H groups in total. The van der Waals surface area contributed by atoms with Crippen molar-refractivity contribution in [3.63, 3.8) is 0 Å². The van der Waals surface area contributed by atoms with Gasteiger partial charge in [0.1, 0.15) is 0 Å². The minimum Gasteiger partial charge on any atom is -0.513 e. The van der Waals surface area contributed by atoms with Gasteiger partial charge in [-0.25, -0.2) is 12.1 Å². The Hall–Kier alpha value is -1.57. The molecule has 0 atom stereocenters. The van der Waals surface area contributed by atoms with Crippen molar-refractivity contribution >= 4 is 11.5 Å². The van der Waals surface area contributed by atoms with E-state index in [2.05, 4.69) is 6.58 Å². The van der Waals surface area contributed by atoms with Gasteiger partial charge in [-0.3, -0.25) is 4.79 Å². The van der Waals surface area contributed by atoms with Crippen molar-refractivity contribution < 1.29 is 27.0 Å². The van der Waals surface area contributed by atoms with Crippen LogP contribution in [-0.2, 0) is 21.9 Å². The minimum absolute atomic E-state index is 0. The number of hydrogen-bond donors (Lipinski definition) is 1. The summed E-state index contributed by atoms with van der Waals surface area (Å²) in [6, 6.07) is 17.0. The van der Waals surface area contributed by atoms with Crippen molar-refractivity contribution in [1.82, 2.24) is 0 Å². The Kier molecular flexibility index (Phi) is 6.93. The van der Waals surface area contributed by atoms with Crippen LogP contribution in [0.5, 0.6) is 0 Å². The fraction of sp³-hybridized carbons (Fsp3) is 0. The second kappa shape index (κ2) is 7.69. The van der Waals surface area contributed by atoms with Crippen LogP contribution in [0, 0.1) is 0 Å². The van der Waals surface area contributed by atoms with Gasteiger partial charge in [-0.05, 0) is 5.57 Å². The van der Waals surface area contributed by atoms with Crippen molar-refractivity contribution in [2.45, 2.75) is 0 Å². The third-order valence-electron chi connectivity index (χ3n) is 1.82. The van der Waals surface area contributed by atoms with Crippen molar-refractivity contribution in [3.05, 3.63) is 66.7 Å². The first-order valence-electron chi connectivity index (χ1n) is 4.53. The summed E-state index contributed by atoms with van der Waals surface area (Å²) < 4.78 is 0. The largest absolute Gasteiger partial charge is 2.00 e. The van der Waals surface area contributed by atoms with Gasteiger partial charge in [0.25, 0.3) is 5.97 Å². The average molecular weight is 256 g/mol. The van der Waals surface area contributed by atoms with Crippen LogP contribution >= 0.6 is 0 Å². The Morgan fingerprint density at radius 1 is 1.12 bits per heavy atom. The van der Waals surface area contributed by atoms with Gasteiger partial charge in [0, 0.05) is 0 Å². The Labute approximate surface area is 105 Å². The van der Waals surface area contributed by atoms with Crippen molar-refractivity contribution in [2.75, 3.05) is 0 Å². The first-order chi connectivity index (χ1) is 7.22. The monoisotopic (exact) mass is 256 g/mol. The van der Waals surface area contributed by atoms with E-state index in [4.69, 9.17) is 5.11 Å². The van der Waals surface area contributed by atoms with Crippen LogP contribution in [-0.4, -0.2) is 11.1 Å². The van der Waals surface area contributed by atoms with Gasteiger partial charge in [0.05, 0.1) is 0 Å². The quantitative estimate of drug-likeness (QED) is 0.509. The van der Waals surface area contributed by atoms with Crippen LogP contribution in [0.4, 0.5) is 0 Å². The van der Waals surface area contributed by atoms with Gasteiger partial charge < -0.3 is 5.11 Å². The predicted molar refractivity (Wildman–Crippen MR) is 60.7 cm³/mol. The molecule has 2 nitrogen and oxygen atoms in total. The molecule has 3 heteroatoms. The van der Waals surface area contributed by atoms with E-state index in [1.54, 1.807) is 24.3 Å². The van der Waals surface area contributed by atoms with Crippen LogP contribution in [0.15, 0.2) is 61.2 Å². The third kappa shape index (κ3) is 4.78. The summed E-state index contributed by atoms with van der Waals surface area (Å²) in [5, 5.41) is 8.45. The molecule has 84 valence electrons. The van der Waals surface area contributed by atoms with Gasteiger partial charge in [-0.2, -0.15) is 30.3 Å². The van der Waals surface area contributed by atoms with Crippen molar-refractivity contribution in [2.24, 2.45) is 0 Å². The zero-order valence-corrected chi connectivity index (χ0v) is 9.72. The van der Waals surface area contributed by atoms with E-state index in [-0.39, 0.29) is 22.6 Å². The Bertz CT molecular complexity index is 382. The second-order valence-electron chi connectivity index (χ2n) is 2.92. The Morgan fingerprint density at radius 3 is 1.94 bits per heavy atom. The third-order valence-corrected chi connectivity index (χ3v) is 1.82. The molecule has 2 rings (SSSR count). The zero-order chi connectivity index (χ0) is 11.1. The van der Waals surface area contributed by atoms with E-state index in [0.717, 1.165) is 0 Å². The van der Waals surface area contributed by atoms with Gasteiger partial charge in [-0.15, -0.1) is 18.7 Å². The summed E-state index contributed by atoms with van der Waals surface area (Å²) in [6.07, 6.45) is 0. The molecule has 0 heterocycles. The molecule has 0 fully saturated rings. The van der Waals surface area contributed by atoms with E-state index in [1.165, 1.54) is 0 Å². The molecule has 2 aromatic carbocycles. The molecule has 0 unspecified atom stereocenters. The number of rotatable bonds is 2. The summed E-state index contributed by atoms with van der Waals surface area (Å²) in [5.74, 6) is -0.966. The molecular weight excluding hydrogens is 244 g/mol. The fourth-order valence-corrected chi connectivity index (χ4v) is 1.02. The van der Waals surface area contributed by atoms with Crippen LogP contribution in [0.2, 0.25) is 0 Å². The molecule has 0 aliphatic heterocycles. The Morgan fingerprint density at radius 2 is 1.62 bits per heavy atom. The van der Waals surface area contributed by atoms with Crippen LogP contribution in [0.25, 0.3) is 5.57 Å². The summed E-state index contributed by atoms with van der Waals surface area (Å²) in [6.45, 7) is 3.40. The minimum atomic E-state index is -0.966. The molecule has 0 radical (unpaired) electrons. The van der Waals surface area contributed by atoms with Crippen molar-refractivity contribution in [3.8, 4) is 0 Å². The van der Waals surface area contributed by atoms with Gasteiger partial charge in [0.15, 0.2) is 0 Å². The van der Waals surface area contributed by atoms with Gasteiger partial charge in [-0.1, -0.05) is 5.56 Å². The predicted octanol–water partition coefficient (Wildman–Crippen LogP) is 2.91. The molecule has 0 amide bonds. The summed E-state index contributed by atoms with van der Waals surface area (Å²) in [7, 11) is 0. The van der Waals surface area contributed by atoms with E-state index >= 15 is 0 Å². The van der Waals surface area contributed by atoms with Gasteiger partial charge in [0.2, 0.25) is 0 Å². The molecule has 0 aliphatic carbocycles. The molecule has 0 bridgehead atoms. The zero-order valence-electron chi connectivity index (χ0n) is 8.61. The summed E-state index contributed by atoms with van der Waals surface area (Å²) in [4.78, 5) is 10.3. The fourth-order valence-electron chi connectivity index (χ4n) is 1.02. The molecule has 0 aromatic heterocycles. The van der Waals surface area contributed by atoms with E-state index in [9.17, 15) is 4.79 Å². The van der Waals surface area contributed by atoms with E-state index in [1.807, 2.05) is 30.3 Å². The molecule has 0 saturated heterocycles. The maximum absolute atomic E-state index is 10.3. The molecule has 0 aliphatic rings. The topological polar surface area (TPSA) is 37.3 Å². The Balaban J connectivity index is 0.000000318. The van der Waals surface area contributed by atoms with Crippen LogP contribution in [0.1, 0.15) is 5.56 Å². The van der Waals surface area contributed by atoms with Crippen LogP contribution in [0.3, 0.4) is 0 Å². The molecule has 16 heavy (non-hydrogen) atoms. The van der Waals surface area contributed by atoms with E-state index < -0.39 is 5.97 Å².